The highest BCUT2D eigenvalue weighted by molar-refractivity contribution is 9.10. The van der Waals surface area contributed by atoms with Gasteiger partial charge in [-0.25, -0.2) is 0 Å². The van der Waals surface area contributed by atoms with E-state index in [4.69, 9.17) is 17.3 Å². The second-order valence-corrected chi connectivity index (χ2v) is 6.40. The molecule has 3 rings (SSSR count). The molecule has 0 heterocycles. The van der Waals surface area contributed by atoms with Crippen LogP contribution in [0.15, 0.2) is 46.9 Å². The first-order chi connectivity index (χ1) is 9.15. The second-order valence-electron chi connectivity index (χ2n) is 5.11. The minimum Gasteiger partial charge on any atom is -0.324 e. The monoisotopic (exact) mass is 335 g/mol. The molecule has 2 atom stereocenters. The van der Waals surface area contributed by atoms with E-state index in [2.05, 4.69) is 40.2 Å². The predicted octanol–water partition coefficient (Wildman–Crippen LogP) is 4.83. The van der Waals surface area contributed by atoms with Gasteiger partial charge in [0.1, 0.15) is 0 Å². The third kappa shape index (κ3) is 2.58. The first-order valence-corrected chi connectivity index (χ1v) is 7.60. The van der Waals surface area contributed by atoms with Gasteiger partial charge in [0.2, 0.25) is 0 Å². The number of fused-ring (bicyclic) bond motifs is 1. The lowest BCUT2D eigenvalue weighted by Crippen LogP contribution is -2.23. The van der Waals surface area contributed by atoms with Crippen LogP contribution in [0.25, 0.3) is 0 Å². The fourth-order valence-corrected chi connectivity index (χ4v) is 3.79. The van der Waals surface area contributed by atoms with E-state index < -0.39 is 0 Å². The van der Waals surface area contributed by atoms with Gasteiger partial charge < -0.3 is 5.73 Å². The van der Waals surface area contributed by atoms with E-state index in [-0.39, 0.29) is 6.04 Å². The van der Waals surface area contributed by atoms with Crippen LogP contribution in [0.4, 0.5) is 0 Å². The number of benzene rings is 2. The maximum absolute atomic E-state index is 6.34. The topological polar surface area (TPSA) is 26.0 Å². The average molecular weight is 337 g/mol. The van der Waals surface area contributed by atoms with Gasteiger partial charge in [-0.1, -0.05) is 57.9 Å². The highest BCUT2D eigenvalue weighted by Crippen LogP contribution is 2.41. The average Bonchev–Trinajstić information content (AvgIpc) is 2.35. The van der Waals surface area contributed by atoms with Crippen molar-refractivity contribution in [3.05, 3.63) is 68.7 Å². The zero-order chi connectivity index (χ0) is 13.4. The summed E-state index contributed by atoms with van der Waals surface area (Å²) in [6.45, 7) is 0. The van der Waals surface area contributed by atoms with Crippen LogP contribution in [0.5, 0.6) is 0 Å². The lowest BCUT2D eigenvalue weighted by molar-refractivity contribution is 0.497. The molecule has 0 fully saturated rings. The first-order valence-electron chi connectivity index (χ1n) is 6.43. The fraction of sp³-hybridized carbons (Fsp3) is 0.250. The Labute approximate surface area is 126 Å². The van der Waals surface area contributed by atoms with E-state index in [1.54, 1.807) is 0 Å². The van der Waals surface area contributed by atoms with Crippen molar-refractivity contribution in [3.8, 4) is 0 Å². The van der Waals surface area contributed by atoms with Crippen LogP contribution in [0.2, 0.25) is 5.02 Å². The molecular weight excluding hydrogens is 322 g/mol. The molecule has 19 heavy (non-hydrogen) atoms. The molecule has 1 aliphatic carbocycles. The van der Waals surface area contributed by atoms with Crippen LogP contribution in [-0.4, -0.2) is 0 Å². The molecule has 0 aliphatic heterocycles. The van der Waals surface area contributed by atoms with Gasteiger partial charge in [-0.05, 0) is 47.6 Å². The lowest BCUT2D eigenvalue weighted by Gasteiger charge is -2.32. The Kier molecular flexibility index (Phi) is 3.66. The van der Waals surface area contributed by atoms with E-state index >= 15 is 0 Å². The molecule has 0 radical (unpaired) electrons. The van der Waals surface area contributed by atoms with Gasteiger partial charge in [-0.15, -0.1) is 0 Å². The summed E-state index contributed by atoms with van der Waals surface area (Å²) in [5.74, 6) is 0.591. The normalized spacial score (nSPS) is 18.6. The van der Waals surface area contributed by atoms with E-state index in [1.165, 1.54) is 11.1 Å². The van der Waals surface area contributed by atoms with Crippen LogP contribution >= 0.6 is 27.5 Å². The van der Waals surface area contributed by atoms with E-state index in [0.29, 0.717) is 5.92 Å². The van der Waals surface area contributed by atoms with Crippen molar-refractivity contribution in [2.45, 2.75) is 24.8 Å². The summed E-state index contributed by atoms with van der Waals surface area (Å²) < 4.78 is 1.00. The third-order valence-electron chi connectivity index (χ3n) is 3.86. The maximum Gasteiger partial charge on any atom is 0.0417 e. The number of rotatable bonds is 3. The molecule has 0 amide bonds. The number of hydrogen-bond donors (Lipinski definition) is 1. The Morgan fingerprint density at radius 1 is 1.26 bits per heavy atom. The molecule has 2 unspecified atom stereocenters. The Hall–Kier alpha value is -0.830. The summed E-state index contributed by atoms with van der Waals surface area (Å²) >= 11 is 9.51. The van der Waals surface area contributed by atoms with Gasteiger partial charge in [0.25, 0.3) is 0 Å². The largest absolute Gasteiger partial charge is 0.324 e. The van der Waals surface area contributed by atoms with E-state index in [9.17, 15) is 0 Å². The van der Waals surface area contributed by atoms with E-state index in [1.807, 2.05) is 18.2 Å². The Morgan fingerprint density at radius 2 is 2.05 bits per heavy atom. The molecule has 0 spiro atoms. The Morgan fingerprint density at radius 3 is 2.79 bits per heavy atom. The van der Waals surface area contributed by atoms with Crippen molar-refractivity contribution >= 4 is 27.5 Å². The highest BCUT2D eigenvalue weighted by Gasteiger charge is 2.27. The van der Waals surface area contributed by atoms with Crippen LogP contribution in [0, 0.1) is 0 Å². The zero-order valence-corrected chi connectivity index (χ0v) is 12.8. The summed E-state index contributed by atoms with van der Waals surface area (Å²) in [5.41, 5.74) is 10.4. The van der Waals surface area contributed by atoms with Crippen molar-refractivity contribution in [2.24, 2.45) is 5.73 Å². The van der Waals surface area contributed by atoms with Crippen molar-refractivity contribution in [1.82, 2.24) is 0 Å². The molecule has 3 heteroatoms. The van der Waals surface area contributed by atoms with Crippen molar-refractivity contribution in [1.29, 1.82) is 0 Å². The summed E-state index contributed by atoms with van der Waals surface area (Å²) in [6.07, 6.45) is 2.13. The highest BCUT2D eigenvalue weighted by atomic mass is 79.9. The first kappa shape index (κ1) is 13.2. The van der Waals surface area contributed by atoms with Crippen LogP contribution < -0.4 is 5.73 Å². The molecule has 2 aromatic rings. The Bertz CT molecular complexity index is 611. The molecule has 1 aliphatic rings. The third-order valence-corrected chi connectivity index (χ3v) is 4.78. The molecule has 0 saturated carbocycles. The summed E-state index contributed by atoms with van der Waals surface area (Å²) in [4.78, 5) is 0. The van der Waals surface area contributed by atoms with Gasteiger partial charge >= 0.3 is 0 Å². The fourth-order valence-electron chi connectivity index (χ4n) is 2.81. The SMILES string of the molecule is NC(CC1Cc2ccccc21)c1ccc(Cl)cc1Br. The smallest absolute Gasteiger partial charge is 0.0417 e. The molecule has 2 N–H and O–H groups in total. The number of hydrogen-bond acceptors (Lipinski definition) is 1. The van der Waals surface area contributed by atoms with Crippen LogP contribution in [0.1, 0.15) is 35.1 Å². The maximum atomic E-state index is 6.34. The minimum atomic E-state index is 0.0463. The quantitative estimate of drug-likeness (QED) is 0.853. The van der Waals surface area contributed by atoms with E-state index in [0.717, 1.165) is 27.9 Å². The molecule has 1 nitrogen and oxygen atoms in total. The number of nitrogens with two attached hydrogens (primary N) is 1. The summed E-state index contributed by atoms with van der Waals surface area (Å²) in [5, 5.41) is 0.733. The summed E-state index contributed by atoms with van der Waals surface area (Å²) in [7, 11) is 0. The molecular formula is C16H15BrClN. The Balaban J connectivity index is 1.75. The standard InChI is InChI=1S/C16H15BrClN/c17-15-9-12(18)5-6-14(15)16(19)8-11-7-10-3-1-2-4-13(10)11/h1-6,9,11,16H,7-8,19H2. The summed E-state index contributed by atoms with van der Waals surface area (Å²) in [6, 6.07) is 14.5. The van der Waals surface area contributed by atoms with Gasteiger partial charge in [-0.3, -0.25) is 0 Å². The second kappa shape index (κ2) is 5.28. The lowest BCUT2D eigenvalue weighted by atomic mass is 9.74. The predicted molar refractivity (Wildman–Crippen MR) is 83.6 cm³/mol. The minimum absolute atomic E-state index is 0.0463. The molecule has 0 saturated heterocycles. The van der Waals surface area contributed by atoms with Gasteiger partial charge in [0.05, 0.1) is 0 Å². The van der Waals surface area contributed by atoms with Gasteiger partial charge in [-0.2, -0.15) is 0 Å². The molecule has 2 aromatic carbocycles. The van der Waals surface area contributed by atoms with Crippen LogP contribution in [0.3, 0.4) is 0 Å². The van der Waals surface area contributed by atoms with Gasteiger partial charge in [0, 0.05) is 15.5 Å². The number of halogens is 2. The molecule has 98 valence electrons. The zero-order valence-electron chi connectivity index (χ0n) is 10.4. The molecule has 0 aromatic heterocycles. The van der Waals surface area contributed by atoms with Crippen molar-refractivity contribution in [2.75, 3.05) is 0 Å². The van der Waals surface area contributed by atoms with Crippen molar-refractivity contribution < 1.29 is 0 Å². The molecule has 0 bridgehead atoms. The van der Waals surface area contributed by atoms with Crippen molar-refractivity contribution in [3.63, 3.8) is 0 Å². The van der Waals surface area contributed by atoms with Gasteiger partial charge in [0.15, 0.2) is 0 Å². The van der Waals surface area contributed by atoms with Crippen LogP contribution in [-0.2, 0) is 6.42 Å².